The van der Waals surface area contributed by atoms with Gasteiger partial charge in [-0.05, 0) is 37.9 Å². The summed E-state index contributed by atoms with van der Waals surface area (Å²) in [5.74, 6) is -0.337. The summed E-state index contributed by atoms with van der Waals surface area (Å²) in [5, 5.41) is 3.86. The summed E-state index contributed by atoms with van der Waals surface area (Å²) in [6, 6.07) is 17.8. The van der Waals surface area contributed by atoms with Crippen molar-refractivity contribution >= 4 is 22.8 Å². The smallest absolute Gasteiger partial charge is 0.340 e. The van der Waals surface area contributed by atoms with E-state index < -0.39 is 5.97 Å². The van der Waals surface area contributed by atoms with Crippen molar-refractivity contribution in [2.75, 3.05) is 26.7 Å². The number of carbonyl (C=O) groups excluding carboxylic acids is 2. The third-order valence-corrected chi connectivity index (χ3v) is 6.02. The summed E-state index contributed by atoms with van der Waals surface area (Å²) in [6.45, 7) is 4.58. The first-order valence-corrected chi connectivity index (χ1v) is 11.2. The monoisotopic (exact) mass is 431 g/mol. The lowest BCUT2D eigenvalue weighted by molar-refractivity contribution is -0.126. The molecule has 166 valence electrons. The Morgan fingerprint density at radius 3 is 2.62 bits per heavy atom. The highest BCUT2D eigenvalue weighted by Gasteiger charge is 2.28. The van der Waals surface area contributed by atoms with Crippen molar-refractivity contribution in [1.29, 1.82) is 0 Å². The minimum atomic E-state index is -0.394. The number of hydrogen-bond donors (Lipinski definition) is 1. The fourth-order valence-corrected chi connectivity index (χ4v) is 4.55. The van der Waals surface area contributed by atoms with Gasteiger partial charge in [-0.2, -0.15) is 0 Å². The minimum absolute atomic E-state index is 0.0423. The molecule has 1 saturated heterocycles. The van der Waals surface area contributed by atoms with Gasteiger partial charge in [0.1, 0.15) is 0 Å². The van der Waals surface area contributed by atoms with Crippen molar-refractivity contribution in [3.8, 4) is 11.1 Å². The normalized spacial score (nSPS) is 16.6. The van der Waals surface area contributed by atoms with Gasteiger partial charge in [0.15, 0.2) is 0 Å². The summed E-state index contributed by atoms with van der Waals surface area (Å²) in [6.07, 6.45) is 1.82. The maximum atomic E-state index is 13.0. The number of likely N-dealkylation sites (tertiary alicyclic amines) is 1. The number of hydrogen-bond acceptors (Lipinski definition) is 5. The van der Waals surface area contributed by atoms with E-state index in [1.807, 2.05) is 61.5 Å². The molecule has 2 heterocycles. The van der Waals surface area contributed by atoms with Gasteiger partial charge in [-0.25, -0.2) is 4.79 Å². The number of ether oxygens (including phenoxy) is 1. The molecule has 3 aromatic rings. The largest absolute Gasteiger partial charge is 0.465 e. The molecule has 4 rings (SSSR count). The SMILES string of the molecule is CCNC(=O)C1CCCN(Cc2nc3ccccc3c(-c3ccccc3)c2C(=O)OC)C1. The number of nitrogens with zero attached hydrogens (tertiary/aromatic N) is 2. The maximum Gasteiger partial charge on any atom is 0.340 e. The topological polar surface area (TPSA) is 71.5 Å². The molecular formula is C26H29N3O3. The zero-order chi connectivity index (χ0) is 22.5. The first-order chi connectivity index (χ1) is 15.6. The van der Waals surface area contributed by atoms with E-state index in [0.717, 1.165) is 41.4 Å². The summed E-state index contributed by atoms with van der Waals surface area (Å²) < 4.78 is 5.21. The van der Waals surface area contributed by atoms with Gasteiger partial charge in [0.05, 0.1) is 29.8 Å². The number of methoxy groups -OCH3 is 1. The second-order valence-corrected chi connectivity index (χ2v) is 8.15. The van der Waals surface area contributed by atoms with Crippen molar-refractivity contribution in [3.63, 3.8) is 0 Å². The molecule has 6 nitrogen and oxygen atoms in total. The van der Waals surface area contributed by atoms with E-state index >= 15 is 0 Å². The summed E-state index contributed by atoms with van der Waals surface area (Å²) in [5.41, 5.74) is 3.82. The Balaban J connectivity index is 1.79. The number of fused-ring (bicyclic) bond motifs is 1. The molecule has 0 saturated carbocycles. The van der Waals surface area contributed by atoms with Crippen LogP contribution in [0.1, 0.15) is 35.8 Å². The van der Waals surface area contributed by atoms with Crippen LogP contribution in [0.3, 0.4) is 0 Å². The highest BCUT2D eigenvalue weighted by Crippen LogP contribution is 2.34. The van der Waals surface area contributed by atoms with E-state index in [2.05, 4.69) is 10.2 Å². The summed E-state index contributed by atoms with van der Waals surface area (Å²) >= 11 is 0. The molecule has 0 radical (unpaired) electrons. The number of carbonyl (C=O) groups is 2. The Labute approximate surface area is 188 Å². The van der Waals surface area contributed by atoms with Gasteiger partial charge < -0.3 is 10.1 Å². The number of aromatic nitrogens is 1. The van der Waals surface area contributed by atoms with Gasteiger partial charge in [-0.15, -0.1) is 0 Å². The van der Waals surface area contributed by atoms with Gasteiger partial charge in [0.2, 0.25) is 5.91 Å². The molecule has 1 fully saturated rings. The third-order valence-electron chi connectivity index (χ3n) is 6.02. The fraction of sp³-hybridized carbons (Fsp3) is 0.346. The van der Waals surface area contributed by atoms with E-state index in [1.54, 1.807) is 0 Å². The van der Waals surface area contributed by atoms with Crippen LogP contribution in [0, 0.1) is 5.92 Å². The van der Waals surface area contributed by atoms with Crippen LogP contribution >= 0.6 is 0 Å². The molecule has 1 N–H and O–H groups in total. The maximum absolute atomic E-state index is 13.0. The molecule has 0 bridgehead atoms. The number of pyridine rings is 1. The quantitative estimate of drug-likeness (QED) is 0.597. The van der Waals surface area contributed by atoms with Crippen LogP contribution in [0.25, 0.3) is 22.0 Å². The Bertz CT molecular complexity index is 1110. The van der Waals surface area contributed by atoms with Crippen LogP contribution in [-0.4, -0.2) is 48.5 Å². The number of amides is 1. The van der Waals surface area contributed by atoms with Crippen molar-refractivity contribution in [1.82, 2.24) is 15.2 Å². The molecule has 6 heteroatoms. The zero-order valence-electron chi connectivity index (χ0n) is 18.6. The average Bonchev–Trinajstić information content (AvgIpc) is 2.83. The van der Waals surface area contributed by atoms with Gasteiger partial charge in [-0.3, -0.25) is 14.7 Å². The second-order valence-electron chi connectivity index (χ2n) is 8.15. The lowest BCUT2D eigenvalue weighted by Crippen LogP contribution is -2.42. The zero-order valence-corrected chi connectivity index (χ0v) is 18.6. The Kier molecular flexibility index (Phi) is 6.81. The van der Waals surface area contributed by atoms with Crippen LogP contribution in [0.2, 0.25) is 0 Å². The molecule has 1 unspecified atom stereocenters. The average molecular weight is 432 g/mol. The predicted molar refractivity (Wildman–Crippen MR) is 125 cm³/mol. The minimum Gasteiger partial charge on any atom is -0.465 e. The molecule has 0 spiro atoms. The molecule has 1 aliphatic heterocycles. The van der Waals surface area contributed by atoms with Crippen LogP contribution < -0.4 is 5.32 Å². The van der Waals surface area contributed by atoms with E-state index in [0.29, 0.717) is 30.9 Å². The number of benzene rings is 2. The fourth-order valence-electron chi connectivity index (χ4n) is 4.55. The molecule has 0 aliphatic carbocycles. The van der Waals surface area contributed by atoms with Gasteiger partial charge >= 0.3 is 5.97 Å². The Morgan fingerprint density at radius 1 is 1.12 bits per heavy atom. The lowest BCUT2D eigenvalue weighted by Gasteiger charge is -2.32. The molecule has 1 aromatic heterocycles. The van der Waals surface area contributed by atoms with Crippen molar-refractivity contribution < 1.29 is 14.3 Å². The highest BCUT2D eigenvalue weighted by molar-refractivity contribution is 6.07. The standard InChI is InChI=1S/C26H29N3O3/c1-3-27-25(30)19-12-9-15-29(16-19)17-22-24(26(31)32-2)23(18-10-5-4-6-11-18)20-13-7-8-14-21(20)28-22/h4-8,10-11,13-14,19H,3,9,12,15-17H2,1-2H3,(H,27,30). The predicted octanol–water partition coefficient (Wildman–Crippen LogP) is 4.04. The van der Waals surface area contributed by atoms with E-state index in [4.69, 9.17) is 9.72 Å². The van der Waals surface area contributed by atoms with Crippen molar-refractivity contribution in [3.05, 3.63) is 65.9 Å². The van der Waals surface area contributed by atoms with Crippen LogP contribution in [0.5, 0.6) is 0 Å². The summed E-state index contributed by atoms with van der Waals surface area (Å²) in [4.78, 5) is 32.5. The van der Waals surface area contributed by atoms with Gasteiger partial charge in [-0.1, -0.05) is 48.5 Å². The Morgan fingerprint density at radius 2 is 1.88 bits per heavy atom. The number of para-hydroxylation sites is 1. The number of esters is 1. The second kappa shape index (κ2) is 9.92. The first kappa shape index (κ1) is 22.0. The first-order valence-electron chi connectivity index (χ1n) is 11.2. The molecule has 1 aliphatic rings. The van der Waals surface area contributed by atoms with Gasteiger partial charge in [0, 0.05) is 30.6 Å². The van der Waals surface area contributed by atoms with E-state index in [-0.39, 0.29) is 11.8 Å². The number of piperidine rings is 1. The van der Waals surface area contributed by atoms with E-state index in [1.165, 1.54) is 7.11 Å². The molecular weight excluding hydrogens is 402 g/mol. The van der Waals surface area contributed by atoms with E-state index in [9.17, 15) is 9.59 Å². The van der Waals surface area contributed by atoms with Crippen LogP contribution in [0.15, 0.2) is 54.6 Å². The molecule has 32 heavy (non-hydrogen) atoms. The van der Waals surface area contributed by atoms with Crippen molar-refractivity contribution in [2.24, 2.45) is 5.92 Å². The number of nitrogens with one attached hydrogen (secondary N) is 1. The highest BCUT2D eigenvalue weighted by atomic mass is 16.5. The van der Waals surface area contributed by atoms with Crippen LogP contribution in [-0.2, 0) is 16.1 Å². The molecule has 2 aromatic carbocycles. The third kappa shape index (κ3) is 4.50. The molecule has 1 amide bonds. The molecule has 1 atom stereocenters. The van der Waals surface area contributed by atoms with Gasteiger partial charge in [0.25, 0.3) is 0 Å². The lowest BCUT2D eigenvalue weighted by atomic mass is 9.93. The number of rotatable bonds is 6. The van der Waals surface area contributed by atoms with Crippen molar-refractivity contribution in [2.45, 2.75) is 26.3 Å². The van der Waals surface area contributed by atoms with Crippen LogP contribution in [0.4, 0.5) is 0 Å². The Hall–Kier alpha value is -3.25. The summed E-state index contributed by atoms with van der Waals surface area (Å²) in [7, 11) is 1.40.